The number of unbranched alkanes of at least 4 members (excludes halogenated alkanes) is 6. The van der Waals surface area contributed by atoms with Crippen molar-refractivity contribution in [2.45, 2.75) is 76.4 Å². The zero-order chi connectivity index (χ0) is 15.1. The Morgan fingerprint density at radius 1 is 1.15 bits per heavy atom. The summed E-state index contributed by atoms with van der Waals surface area (Å²) in [4.78, 5) is 0. The molecule has 0 radical (unpaired) electrons. The monoisotopic (exact) mass is 300 g/mol. The molecule has 1 aliphatic carbocycles. The summed E-state index contributed by atoms with van der Waals surface area (Å²) in [5.41, 5.74) is 1.06. The van der Waals surface area contributed by atoms with Crippen LogP contribution in [0.3, 0.4) is 0 Å². The van der Waals surface area contributed by atoms with Crippen molar-refractivity contribution >= 4 is 10.1 Å². The lowest BCUT2D eigenvalue weighted by atomic mass is 9.91. The summed E-state index contributed by atoms with van der Waals surface area (Å²) in [6, 6.07) is 0. The van der Waals surface area contributed by atoms with Crippen LogP contribution in [0.25, 0.3) is 0 Å². The van der Waals surface area contributed by atoms with Gasteiger partial charge in [-0.2, -0.15) is 8.42 Å². The molecule has 1 atom stereocenters. The summed E-state index contributed by atoms with van der Waals surface area (Å²) < 4.78 is 31.8. The Kier molecular flexibility index (Phi) is 6.96. The van der Waals surface area contributed by atoms with Crippen LogP contribution < -0.4 is 0 Å². The fourth-order valence-electron chi connectivity index (χ4n) is 2.64. The summed E-state index contributed by atoms with van der Waals surface area (Å²) in [7, 11) is -4.04. The lowest BCUT2D eigenvalue weighted by Crippen LogP contribution is -2.37. The van der Waals surface area contributed by atoms with Crippen LogP contribution in [0.4, 0.5) is 0 Å². The van der Waals surface area contributed by atoms with E-state index in [9.17, 15) is 13.0 Å². The maximum atomic E-state index is 11.7. The molecule has 1 unspecified atom stereocenters. The molecule has 1 N–H and O–H groups in total. The molecule has 0 aliphatic heterocycles. The highest BCUT2D eigenvalue weighted by atomic mass is 32.2. The van der Waals surface area contributed by atoms with E-state index in [0.717, 1.165) is 24.8 Å². The van der Waals surface area contributed by atoms with Crippen molar-refractivity contribution in [2.75, 3.05) is 0 Å². The van der Waals surface area contributed by atoms with Crippen LogP contribution in [0.2, 0.25) is 0 Å². The molecule has 0 amide bonds. The molecule has 0 saturated heterocycles. The topological polar surface area (TPSA) is 54.4 Å². The molecular formula is C16H28O3S. The Morgan fingerprint density at radius 2 is 1.75 bits per heavy atom. The van der Waals surface area contributed by atoms with Gasteiger partial charge in [0.05, 0.1) is 0 Å². The van der Waals surface area contributed by atoms with Gasteiger partial charge < -0.3 is 0 Å². The SMILES string of the molecule is CCCCCCCCCC1(S(=O)(=O)O)C=CC(C)=CC1. The van der Waals surface area contributed by atoms with E-state index in [-0.39, 0.29) is 0 Å². The molecule has 0 aromatic heterocycles. The lowest BCUT2D eigenvalue weighted by Gasteiger charge is -2.28. The van der Waals surface area contributed by atoms with Crippen LogP contribution >= 0.6 is 0 Å². The van der Waals surface area contributed by atoms with Crippen molar-refractivity contribution in [3.05, 3.63) is 23.8 Å². The van der Waals surface area contributed by atoms with Gasteiger partial charge in [-0.25, -0.2) is 0 Å². The normalized spacial score (nSPS) is 22.9. The van der Waals surface area contributed by atoms with E-state index in [4.69, 9.17) is 0 Å². The van der Waals surface area contributed by atoms with E-state index in [1.54, 1.807) is 12.2 Å². The minimum atomic E-state index is -4.04. The third-order valence-corrected chi connectivity index (χ3v) is 5.67. The number of allylic oxidation sites excluding steroid dienone is 3. The Balaban J connectivity index is 2.43. The molecule has 0 spiro atoms. The fourth-order valence-corrected chi connectivity index (χ4v) is 3.58. The molecular weight excluding hydrogens is 272 g/mol. The minimum Gasteiger partial charge on any atom is -0.285 e. The van der Waals surface area contributed by atoms with Crippen LogP contribution in [0.1, 0.15) is 71.6 Å². The molecule has 0 saturated carbocycles. The van der Waals surface area contributed by atoms with Gasteiger partial charge in [-0.15, -0.1) is 0 Å². The summed E-state index contributed by atoms with van der Waals surface area (Å²) in [6.45, 7) is 4.14. The Labute approximate surface area is 123 Å². The Hall–Kier alpha value is -0.610. The van der Waals surface area contributed by atoms with Gasteiger partial charge in [0.1, 0.15) is 4.75 Å². The number of hydrogen-bond acceptors (Lipinski definition) is 2. The van der Waals surface area contributed by atoms with Crippen LogP contribution in [0.5, 0.6) is 0 Å². The molecule has 0 fully saturated rings. The first kappa shape index (κ1) is 17.4. The van der Waals surface area contributed by atoms with Crippen molar-refractivity contribution in [1.29, 1.82) is 0 Å². The van der Waals surface area contributed by atoms with E-state index >= 15 is 0 Å². The Bertz CT molecular complexity index is 448. The number of rotatable bonds is 9. The first-order valence-corrected chi connectivity index (χ1v) is 9.18. The van der Waals surface area contributed by atoms with Gasteiger partial charge in [0, 0.05) is 0 Å². The van der Waals surface area contributed by atoms with Crippen molar-refractivity contribution in [1.82, 2.24) is 0 Å². The molecule has 0 heterocycles. The zero-order valence-electron chi connectivity index (χ0n) is 12.8. The summed E-state index contributed by atoms with van der Waals surface area (Å²) in [5.74, 6) is 0. The first-order valence-electron chi connectivity index (χ1n) is 7.74. The van der Waals surface area contributed by atoms with Gasteiger partial charge in [0.25, 0.3) is 10.1 Å². The lowest BCUT2D eigenvalue weighted by molar-refractivity contribution is 0.426. The maximum Gasteiger partial charge on any atom is 0.274 e. The van der Waals surface area contributed by atoms with Gasteiger partial charge in [0.15, 0.2) is 0 Å². The molecule has 116 valence electrons. The zero-order valence-corrected chi connectivity index (χ0v) is 13.6. The average molecular weight is 300 g/mol. The number of hydrogen-bond donors (Lipinski definition) is 1. The van der Waals surface area contributed by atoms with Gasteiger partial charge in [-0.3, -0.25) is 4.55 Å². The predicted octanol–water partition coefficient (Wildman–Crippen LogP) is 4.66. The van der Waals surface area contributed by atoms with E-state index < -0.39 is 14.9 Å². The van der Waals surface area contributed by atoms with Crippen LogP contribution in [-0.2, 0) is 10.1 Å². The van der Waals surface area contributed by atoms with Crippen LogP contribution in [0, 0.1) is 0 Å². The van der Waals surface area contributed by atoms with Gasteiger partial charge >= 0.3 is 0 Å². The van der Waals surface area contributed by atoms with Crippen molar-refractivity contribution < 1.29 is 13.0 Å². The molecule has 1 rings (SSSR count). The molecule has 0 aromatic rings. The summed E-state index contributed by atoms with van der Waals surface area (Å²) in [6.07, 6.45) is 14.3. The maximum absolute atomic E-state index is 11.7. The molecule has 4 heteroatoms. The van der Waals surface area contributed by atoms with E-state index in [1.165, 1.54) is 25.7 Å². The van der Waals surface area contributed by atoms with E-state index in [0.29, 0.717) is 12.8 Å². The standard InChI is InChI=1S/C16H28O3S/c1-3-4-5-6-7-8-9-12-16(20(17,18)19)13-10-15(2)11-14-16/h10-11,13H,3-9,12,14H2,1-2H3,(H,17,18,19). The Morgan fingerprint density at radius 3 is 2.25 bits per heavy atom. The van der Waals surface area contributed by atoms with Crippen LogP contribution in [0.15, 0.2) is 23.8 Å². The quantitative estimate of drug-likeness (QED) is 0.497. The largest absolute Gasteiger partial charge is 0.285 e. The highest BCUT2D eigenvalue weighted by Crippen LogP contribution is 2.33. The highest BCUT2D eigenvalue weighted by molar-refractivity contribution is 7.87. The molecule has 1 aliphatic rings. The van der Waals surface area contributed by atoms with E-state index in [1.807, 2.05) is 13.0 Å². The van der Waals surface area contributed by atoms with Crippen molar-refractivity contribution in [3.63, 3.8) is 0 Å². The smallest absolute Gasteiger partial charge is 0.274 e. The minimum absolute atomic E-state index is 0.393. The second-order valence-electron chi connectivity index (χ2n) is 5.90. The van der Waals surface area contributed by atoms with Crippen molar-refractivity contribution in [3.8, 4) is 0 Å². The molecule has 3 nitrogen and oxygen atoms in total. The highest BCUT2D eigenvalue weighted by Gasteiger charge is 2.40. The second kappa shape index (κ2) is 7.99. The predicted molar refractivity (Wildman–Crippen MR) is 84.4 cm³/mol. The van der Waals surface area contributed by atoms with Gasteiger partial charge in [-0.05, 0) is 19.8 Å². The third-order valence-electron chi connectivity index (χ3n) is 4.14. The third kappa shape index (κ3) is 5.06. The first-order chi connectivity index (χ1) is 9.41. The van der Waals surface area contributed by atoms with Gasteiger partial charge in [0.2, 0.25) is 0 Å². The van der Waals surface area contributed by atoms with Crippen molar-refractivity contribution in [2.24, 2.45) is 0 Å². The molecule has 0 aromatic carbocycles. The summed E-state index contributed by atoms with van der Waals surface area (Å²) >= 11 is 0. The van der Waals surface area contributed by atoms with Gasteiger partial charge in [-0.1, -0.05) is 75.7 Å². The summed E-state index contributed by atoms with van der Waals surface area (Å²) in [5, 5.41) is 0. The molecule has 20 heavy (non-hydrogen) atoms. The van der Waals surface area contributed by atoms with Crippen LogP contribution in [-0.4, -0.2) is 17.7 Å². The second-order valence-corrected chi connectivity index (χ2v) is 7.66. The molecule has 0 bridgehead atoms. The average Bonchev–Trinajstić information content (AvgIpc) is 2.39. The van der Waals surface area contributed by atoms with E-state index in [2.05, 4.69) is 6.92 Å². The fraction of sp³-hybridized carbons (Fsp3) is 0.750.